The summed E-state index contributed by atoms with van der Waals surface area (Å²) in [5.41, 5.74) is 2.01. The standard InChI is InChI=1S/C20H17FN2O2/c1-2-5-13-16(10-12-8-9-17(21)18(11-22)23-12)20(25)15-7-4-3-6-14(15)19(13)24/h6-9H,2-5,10H2,1H3. The fraction of sp³-hybridized carbons (Fsp3) is 0.300. The molecule has 126 valence electrons. The Morgan fingerprint density at radius 2 is 1.76 bits per heavy atom. The highest BCUT2D eigenvalue weighted by atomic mass is 19.1. The van der Waals surface area contributed by atoms with E-state index in [1.165, 1.54) is 12.1 Å². The van der Waals surface area contributed by atoms with Crippen LogP contribution in [0.5, 0.6) is 0 Å². The first-order valence-corrected chi connectivity index (χ1v) is 8.34. The first-order valence-electron chi connectivity index (χ1n) is 8.34. The van der Waals surface area contributed by atoms with E-state index in [-0.39, 0.29) is 23.7 Å². The molecule has 0 fully saturated rings. The number of halogens is 1. The van der Waals surface area contributed by atoms with Crippen LogP contribution in [0.1, 0.15) is 44.0 Å². The number of hydrogen-bond donors (Lipinski definition) is 0. The molecular weight excluding hydrogens is 319 g/mol. The second-order valence-electron chi connectivity index (χ2n) is 6.10. The van der Waals surface area contributed by atoms with Crippen LogP contribution in [-0.2, 0) is 16.0 Å². The Morgan fingerprint density at radius 1 is 1.12 bits per heavy atom. The van der Waals surface area contributed by atoms with Crippen LogP contribution >= 0.6 is 0 Å². The second-order valence-corrected chi connectivity index (χ2v) is 6.10. The zero-order chi connectivity index (χ0) is 18.0. The summed E-state index contributed by atoms with van der Waals surface area (Å²) in [4.78, 5) is 29.7. The van der Waals surface area contributed by atoms with Crippen molar-refractivity contribution in [1.29, 1.82) is 5.26 Å². The predicted octanol–water partition coefficient (Wildman–Crippen LogP) is 3.53. The Morgan fingerprint density at radius 3 is 2.36 bits per heavy atom. The zero-order valence-corrected chi connectivity index (χ0v) is 13.9. The van der Waals surface area contributed by atoms with Crippen molar-refractivity contribution in [1.82, 2.24) is 4.98 Å². The van der Waals surface area contributed by atoms with Crippen molar-refractivity contribution < 1.29 is 14.0 Å². The summed E-state index contributed by atoms with van der Waals surface area (Å²) in [6.07, 6.45) is 6.53. The summed E-state index contributed by atoms with van der Waals surface area (Å²) in [6, 6.07) is 4.32. The summed E-state index contributed by atoms with van der Waals surface area (Å²) in [6.45, 7) is 1.95. The molecule has 0 unspecified atom stereocenters. The third-order valence-electron chi connectivity index (χ3n) is 4.42. The van der Waals surface area contributed by atoms with Crippen molar-refractivity contribution in [2.24, 2.45) is 0 Å². The Kier molecular flexibility index (Phi) is 4.71. The van der Waals surface area contributed by atoms with Gasteiger partial charge in [-0.15, -0.1) is 0 Å². The molecule has 25 heavy (non-hydrogen) atoms. The average Bonchev–Trinajstić information content (AvgIpc) is 2.64. The summed E-state index contributed by atoms with van der Waals surface area (Å²) in [5.74, 6) is -0.941. The smallest absolute Gasteiger partial charge is 0.190 e. The minimum absolute atomic E-state index is 0.0926. The van der Waals surface area contributed by atoms with Crippen molar-refractivity contribution in [3.63, 3.8) is 0 Å². The van der Waals surface area contributed by atoms with Gasteiger partial charge in [0.1, 0.15) is 6.07 Å². The Labute approximate surface area is 145 Å². The average molecular weight is 336 g/mol. The van der Waals surface area contributed by atoms with Crippen LogP contribution in [0, 0.1) is 17.1 Å². The number of ketones is 2. The van der Waals surface area contributed by atoms with Gasteiger partial charge >= 0.3 is 0 Å². The minimum Gasteiger partial charge on any atom is -0.289 e. The molecule has 5 heteroatoms. The maximum atomic E-state index is 13.5. The number of pyridine rings is 1. The number of fused-ring (bicyclic) bond motifs is 1. The van der Waals surface area contributed by atoms with E-state index < -0.39 is 5.82 Å². The van der Waals surface area contributed by atoms with Gasteiger partial charge in [0.15, 0.2) is 23.1 Å². The molecule has 0 radical (unpaired) electrons. The highest BCUT2D eigenvalue weighted by Crippen LogP contribution is 2.34. The lowest BCUT2D eigenvalue weighted by atomic mass is 9.76. The van der Waals surface area contributed by atoms with Crippen LogP contribution in [-0.4, -0.2) is 16.6 Å². The van der Waals surface area contributed by atoms with Gasteiger partial charge < -0.3 is 0 Å². The van der Waals surface area contributed by atoms with E-state index in [1.54, 1.807) is 6.07 Å². The van der Waals surface area contributed by atoms with Crippen molar-refractivity contribution >= 4 is 11.6 Å². The molecule has 0 aliphatic heterocycles. The minimum atomic E-state index is -0.694. The molecule has 0 saturated heterocycles. The number of aromatic nitrogens is 1. The van der Waals surface area contributed by atoms with E-state index in [0.717, 1.165) is 19.3 Å². The molecule has 2 aliphatic carbocycles. The van der Waals surface area contributed by atoms with Gasteiger partial charge in [0.2, 0.25) is 0 Å². The van der Waals surface area contributed by atoms with Crippen molar-refractivity contribution in [3.8, 4) is 6.07 Å². The Hall–Kier alpha value is -2.87. The summed E-state index contributed by atoms with van der Waals surface area (Å²) in [5, 5.41) is 8.93. The number of carbonyl (C=O) groups is 2. The number of Topliss-reactive ketones (excluding diaryl/α,β-unsaturated/α-hetero) is 2. The molecular formula is C20H17FN2O2. The predicted molar refractivity (Wildman–Crippen MR) is 90.0 cm³/mol. The van der Waals surface area contributed by atoms with E-state index in [1.807, 2.05) is 19.1 Å². The second kappa shape index (κ2) is 6.94. The number of nitriles is 1. The van der Waals surface area contributed by atoms with Gasteiger partial charge in [-0.2, -0.15) is 5.26 Å². The third-order valence-corrected chi connectivity index (χ3v) is 4.42. The lowest BCUT2D eigenvalue weighted by Crippen LogP contribution is -2.27. The van der Waals surface area contributed by atoms with E-state index in [2.05, 4.69) is 4.98 Å². The van der Waals surface area contributed by atoms with Gasteiger partial charge in [0.25, 0.3) is 0 Å². The monoisotopic (exact) mass is 336 g/mol. The normalized spacial score (nSPS) is 17.0. The zero-order valence-electron chi connectivity index (χ0n) is 13.9. The number of nitrogens with zero attached hydrogens (tertiary/aromatic N) is 2. The van der Waals surface area contributed by atoms with Crippen LogP contribution in [0.15, 0.2) is 46.6 Å². The maximum Gasteiger partial charge on any atom is 0.190 e. The molecule has 1 aromatic rings. The first-order chi connectivity index (χ1) is 12.1. The number of carbonyl (C=O) groups excluding carboxylic acids is 2. The molecule has 1 heterocycles. The van der Waals surface area contributed by atoms with Crippen molar-refractivity contribution in [2.75, 3.05) is 0 Å². The fourth-order valence-electron chi connectivity index (χ4n) is 3.25. The van der Waals surface area contributed by atoms with E-state index in [0.29, 0.717) is 34.4 Å². The van der Waals surface area contributed by atoms with Gasteiger partial charge in [-0.1, -0.05) is 25.5 Å². The highest BCUT2D eigenvalue weighted by molar-refractivity contribution is 6.29. The molecule has 0 saturated carbocycles. The summed E-state index contributed by atoms with van der Waals surface area (Å²) in [7, 11) is 0. The molecule has 0 amide bonds. The fourth-order valence-corrected chi connectivity index (χ4v) is 3.25. The van der Waals surface area contributed by atoms with Gasteiger partial charge in [0, 0.05) is 34.4 Å². The molecule has 0 spiro atoms. The molecule has 1 aromatic heterocycles. The topological polar surface area (TPSA) is 70.8 Å². The quantitative estimate of drug-likeness (QED) is 0.843. The molecule has 0 aromatic carbocycles. The SMILES string of the molecule is CCCC1=C(Cc2ccc(F)c(C#N)n2)C(=O)C2=CCCC=C2C1=O. The lowest BCUT2D eigenvalue weighted by Gasteiger charge is -2.24. The Bertz CT molecular complexity index is 901. The largest absolute Gasteiger partial charge is 0.289 e. The molecule has 0 N–H and O–H groups in total. The van der Waals surface area contributed by atoms with Crippen molar-refractivity contribution in [2.45, 2.75) is 39.0 Å². The number of allylic oxidation sites excluding steroid dienone is 6. The highest BCUT2D eigenvalue weighted by Gasteiger charge is 2.34. The van der Waals surface area contributed by atoms with E-state index >= 15 is 0 Å². The van der Waals surface area contributed by atoms with Crippen LogP contribution < -0.4 is 0 Å². The first kappa shape index (κ1) is 17.0. The summed E-state index contributed by atoms with van der Waals surface area (Å²) >= 11 is 0. The Balaban J connectivity index is 2.07. The molecule has 3 rings (SSSR count). The molecule has 0 bridgehead atoms. The summed E-state index contributed by atoms with van der Waals surface area (Å²) < 4.78 is 13.5. The van der Waals surface area contributed by atoms with Gasteiger partial charge in [-0.05, 0) is 31.4 Å². The van der Waals surface area contributed by atoms with Gasteiger partial charge in [-0.3, -0.25) is 9.59 Å². The van der Waals surface area contributed by atoms with Gasteiger partial charge in [-0.25, -0.2) is 9.37 Å². The maximum absolute atomic E-state index is 13.5. The molecule has 2 aliphatic rings. The third kappa shape index (κ3) is 3.08. The van der Waals surface area contributed by atoms with Crippen LogP contribution in [0.2, 0.25) is 0 Å². The van der Waals surface area contributed by atoms with E-state index in [4.69, 9.17) is 5.26 Å². The van der Waals surface area contributed by atoms with Crippen LogP contribution in [0.25, 0.3) is 0 Å². The van der Waals surface area contributed by atoms with Gasteiger partial charge in [0.05, 0.1) is 0 Å². The number of rotatable bonds is 4. The molecule has 4 nitrogen and oxygen atoms in total. The van der Waals surface area contributed by atoms with Crippen LogP contribution in [0.3, 0.4) is 0 Å². The van der Waals surface area contributed by atoms with E-state index in [9.17, 15) is 14.0 Å². The lowest BCUT2D eigenvalue weighted by molar-refractivity contribution is -0.117. The number of hydrogen-bond acceptors (Lipinski definition) is 4. The molecule has 0 atom stereocenters. The van der Waals surface area contributed by atoms with Crippen molar-refractivity contribution in [3.05, 3.63) is 63.8 Å². The van der Waals surface area contributed by atoms with Crippen LogP contribution in [0.4, 0.5) is 4.39 Å².